The highest BCUT2D eigenvalue weighted by molar-refractivity contribution is 6.04. The van der Waals surface area contributed by atoms with E-state index in [2.05, 4.69) is 10.3 Å². The van der Waals surface area contributed by atoms with E-state index in [-0.39, 0.29) is 17.9 Å². The Morgan fingerprint density at radius 3 is 3.00 bits per heavy atom. The van der Waals surface area contributed by atoms with Crippen molar-refractivity contribution in [1.29, 1.82) is 0 Å². The molecule has 0 aliphatic carbocycles. The van der Waals surface area contributed by atoms with Gasteiger partial charge in [-0.2, -0.15) is 0 Å². The average Bonchev–Trinajstić information content (AvgIpc) is 2.26. The van der Waals surface area contributed by atoms with Crippen LogP contribution in [0.2, 0.25) is 0 Å². The van der Waals surface area contributed by atoms with E-state index in [0.717, 1.165) is 0 Å². The molecule has 1 atom stereocenters. The third-order valence-electron chi connectivity index (χ3n) is 1.44. The van der Waals surface area contributed by atoms with Crippen LogP contribution in [0.15, 0.2) is 4.99 Å². The molecule has 3 N–H and O–H groups in total. The summed E-state index contributed by atoms with van der Waals surface area (Å²) in [5, 5.41) is 2.41. The summed E-state index contributed by atoms with van der Waals surface area (Å²) >= 11 is 0. The van der Waals surface area contributed by atoms with Gasteiger partial charge < -0.3 is 10.5 Å². The molecule has 1 amide bonds. The normalized spacial score (nSPS) is 23.2. The Balaban J connectivity index is 2.39. The van der Waals surface area contributed by atoms with Crippen LogP contribution in [0.3, 0.4) is 0 Å². The largest absolute Gasteiger partial charge is 0.385 e. The number of hydrogen-bond acceptors (Lipinski definition) is 4. The van der Waals surface area contributed by atoms with E-state index in [1.165, 1.54) is 0 Å². The summed E-state index contributed by atoms with van der Waals surface area (Å²) in [6, 6.07) is -0.352. The lowest BCUT2D eigenvalue weighted by molar-refractivity contribution is -0.120. The maximum absolute atomic E-state index is 10.9. The molecule has 0 fully saturated rings. The SMILES string of the molecule is COCCC1N=C(N)NC1=O. The maximum atomic E-state index is 10.9. The van der Waals surface area contributed by atoms with Gasteiger partial charge in [-0.25, -0.2) is 4.99 Å². The van der Waals surface area contributed by atoms with Gasteiger partial charge in [0.25, 0.3) is 5.91 Å². The second-order valence-corrected chi connectivity index (χ2v) is 2.30. The van der Waals surface area contributed by atoms with Gasteiger partial charge in [-0.3, -0.25) is 10.1 Å². The molecule has 0 spiro atoms. The minimum atomic E-state index is -0.352. The fourth-order valence-corrected chi connectivity index (χ4v) is 0.893. The van der Waals surface area contributed by atoms with Crippen molar-refractivity contribution in [2.45, 2.75) is 12.5 Å². The number of carbonyl (C=O) groups is 1. The number of amides is 1. The molecule has 62 valence electrons. The zero-order valence-electron chi connectivity index (χ0n) is 6.33. The standard InChI is InChI=1S/C6H11N3O2/c1-11-3-2-4-5(10)9-6(7)8-4/h4H,2-3H2,1H3,(H3,7,8,9,10). The summed E-state index contributed by atoms with van der Waals surface area (Å²) in [4.78, 5) is 14.8. The first-order chi connectivity index (χ1) is 5.24. The van der Waals surface area contributed by atoms with Gasteiger partial charge in [0, 0.05) is 20.1 Å². The van der Waals surface area contributed by atoms with Crippen LogP contribution in [0.4, 0.5) is 0 Å². The van der Waals surface area contributed by atoms with Crippen molar-refractivity contribution in [2.75, 3.05) is 13.7 Å². The van der Waals surface area contributed by atoms with Gasteiger partial charge in [-0.05, 0) is 0 Å². The van der Waals surface area contributed by atoms with Crippen LogP contribution in [0.5, 0.6) is 0 Å². The van der Waals surface area contributed by atoms with Gasteiger partial charge in [-0.15, -0.1) is 0 Å². The van der Waals surface area contributed by atoms with E-state index in [9.17, 15) is 4.79 Å². The summed E-state index contributed by atoms with van der Waals surface area (Å²) in [5.74, 6) is 0.0654. The van der Waals surface area contributed by atoms with E-state index in [0.29, 0.717) is 13.0 Å². The molecule has 1 aliphatic rings. The molecule has 0 radical (unpaired) electrons. The Morgan fingerprint density at radius 2 is 2.55 bits per heavy atom. The highest BCUT2D eigenvalue weighted by Crippen LogP contribution is 2.02. The number of guanidine groups is 1. The first-order valence-corrected chi connectivity index (χ1v) is 3.37. The van der Waals surface area contributed by atoms with E-state index in [1.807, 2.05) is 0 Å². The van der Waals surface area contributed by atoms with Crippen molar-refractivity contribution >= 4 is 11.9 Å². The summed E-state index contributed by atoms with van der Waals surface area (Å²) in [7, 11) is 1.58. The van der Waals surface area contributed by atoms with Gasteiger partial charge in [0.15, 0.2) is 5.96 Å². The molecule has 1 unspecified atom stereocenters. The van der Waals surface area contributed by atoms with E-state index >= 15 is 0 Å². The Labute approximate surface area is 64.6 Å². The Bertz CT molecular complexity index is 190. The molecule has 5 heteroatoms. The van der Waals surface area contributed by atoms with Crippen molar-refractivity contribution in [1.82, 2.24) is 5.32 Å². The maximum Gasteiger partial charge on any atom is 0.251 e. The van der Waals surface area contributed by atoms with Crippen LogP contribution >= 0.6 is 0 Å². The van der Waals surface area contributed by atoms with Crippen LogP contribution in [-0.2, 0) is 9.53 Å². The van der Waals surface area contributed by atoms with Crippen molar-refractivity contribution in [3.8, 4) is 0 Å². The molecule has 1 rings (SSSR count). The molecular formula is C6H11N3O2. The molecule has 0 saturated heterocycles. The van der Waals surface area contributed by atoms with Gasteiger partial charge in [0.1, 0.15) is 6.04 Å². The van der Waals surface area contributed by atoms with Gasteiger partial charge in [0.05, 0.1) is 0 Å². The average molecular weight is 157 g/mol. The summed E-state index contributed by atoms with van der Waals surface area (Å²) in [5.41, 5.74) is 5.26. The monoisotopic (exact) mass is 157 g/mol. The van der Waals surface area contributed by atoms with E-state index < -0.39 is 0 Å². The van der Waals surface area contributed by atoms with Gasteiger partial charge >= 0.3 is 0 Å². The number of methoxy groups -OCH3 is 1. The molecule has 11 heavy (non-hydrogen) atoms. The molecular weight excluding hydrogens is 146 g/mol. The Morgan fingerprint density at radius 1 is 1.82 bits per heavy atom. The lowest BCUT2D eigenvalue weighted by Gasteiger charge is -2.01. The second-order valence-electron chi connectivity index (χ2n) is 2.30. The summed E-state index contributed by atoms with van der Waals surface area (Å²) < 4.78 is 4.80. The first-order valence-electron chi connectivity index (χ1n) is 3.37. The van der Waals surface area contributed by atoms with Crippen LogP contribution in [0.25, 0.3) is 0 Å². The van der Waals surface area contributed by atoms with Crippen molar-refractivity contribution in [2.24, 2.45) is 10.7 Å². The summed E-state index contributed by atoms with van der Waals surface area (Å²) in [6.07, 6.45) is 0.586. The molecule has 0 aromatic carbocycles. The number of rotatable bonds is 3. The van der Waals surface area contributed by atoms with E-state index in [4.69, 9.17) is 10.5 Å². The number of hydrogen-bond donors (Lipinski definition) is 2. The third kappa shape index (κ3) is 1.91. The van der Waals surface area contributed by atoms with Crippen LogP contribution in [-0.4, -0.2) is 31.6 Å². The number of carbonyl (C=O) groups excluding carboxylic acids is 1. The molecule has 0 saturated carbocycles. The lowest BCUT2D eigenvalue weighted by atomic mass is 10.2. The Hall–Kier alpha value is -1.10. The number of nitrogens with one attached hydrogen (secondary N) is 1. The molecule has 0 aromatic rings. The zero-order chi connectivity index (χ0) is 8.27. The highest BCUT2D eigenvalue weighted by atomic mass is 16.5. The topological polar surface area (TPSA) is 76.7 Å². The first kappa shape index (κ1) is 8.00. The predicted octanol–water partition coefficient (Wildman–Crippen LogP) is -1.16. The molecule has 0 bridgehead atoms. The van der Waals surface area contributed by atoms with Crippen LogP contribution in [0, 0.1) is 0 Å². The highest BCUT2D eigenvalue weighted by Gasteiger charge is 2.23. The third-order valence-corrected chi connectivity index (χ3v) is 1.44. The second kappa shape index (κ2) is 3.34. The van der Waals surface area contributed by atoms with Crippen molar-refractivity contribution < 1.29 is 9.53 Å². The Kier molecular flexibility index (Phi) is 2.43. The molecule has 0 aromatic heterocycles. The molecule has 1 heterocycles. The molecule has 5 nitrogen and oxygen atoms in total. The van der Waals surface area contributed by atoms with Crippen LogP contribution < -0.4 is 11.1 Å². The predicted molar refractivity (Wildman–Crippen MR) is 40.0 cm³/mol. The zero-order valence-corrected chi connectivity index (χ0v) is 6.33. The number of aliphatic imine (C=N–C) groups is 1. The minimum absolute atomic E-state index is 0.139. The van der Waals surface area contributed by atoms with E-state index in [1.54, 1.807) is 7.11 Å². The molecule has 1 aliphatic heterocycles. The summed E-state index contributed by atoms with van der Waals surface area (Å²) in [6.45, 7) is 0.523. The lowest BCUT2D eigenvalue weighted by Crippen LogP contribution is -2.33. The number of ether oxygens (including phenoxy) is 1. The number of nitrogens with zero attached hydrogens (tertiary/aromatic N) is 1. The fourth-order valence-electron chi connectivity index (χ4n) is 0.893. The number of nitrogens with two attached hydrogens (primary N) is 1. The fraction of sp³-hybridized carbons (Fsp3) is 0.667. The van der Waals surface area contributed by atoms with Crippen molar-refractivity contribution in [3.05, 3.63) is 0 Å². The van der Waals surface area contributed by atoms with Crippen molar-refractivity contribution in [3.63, 3.8) is 0 Å². The smallest absolute Gasteiger partial charge is 0.251 e. The minimum Gasteiger partial charge on any atom is -0.385 e. The van der Waals surface area contributed by atoms with Crippen LogP contribution in [0.1, 0.15) is 6.42 Å². The van der Waals surface area contributed by atoms with Gasteiger partial charge in [0.2, 0.25) is 0 Å². The quantitative estimate of drug-likeness (QED) is 0.542. The van der Waals surface area contributed by atoms with Gasteiger partial charge in [-0.1, -0.05) is 0 Å².